The molecule has 0 spiro atoms. The second kappa shape index (κ2) is 4.83. The molecule has 0 aliphatic carbocycles. The van der Waals surface area contributed by atoms with Crippen LogP contribution in [0.15, 0.2) is 41.0 Å². The molecule has 4 nitrogen and oxygen atoms in total. The highest BCUT2D eigenvalue weighted by molar-refractivity contribution is 9.10. The average Bonchev–Trinajstić information content (AvgIpc) is 2.74. The summed E-state index contributed by atoms with van der Waals surface area (Å²) in [5.41, 5.74) is 0.738. The smallest absolute Gasteiger partial charge is 0.233 e. The van der Waals surface area contributed by atoms with Gasteiger partial charge in [0.05, 0.1) is 9.86 Å². The quantitative estimate of drug-likeness (QED) is 0.658. The first-order valence-electron chi connectivity index (χ1n) is 5.56. The molecule has 2 aromatic heterocycles. The molecule has 0 aliphatic rings. The van der Waals surface area contributed by atoms with Gasteiger partial charge in [-0.1, -0.05) is 12.1 Å². The zero-order valence-corrected chi connectivity index (χ0v) is 12.3. The molecule has 0 N–H and O–H groups in total. The van der Waals surface area contributed by atoms with E-state index in [2.05, 4.69) is 25.9 Å². The van der Waals surface area contributed by atoms with Crippen molar-refractivity contribution in [3.63, 3.8) is 0 Å². The molecule has 0 saturated heterocycles. The Hall–Kier alpha value is -1.59. The summed E-state index contributed by atoms with van der Waals surface area (Å²) in [6.45, 7) is 0. The molecular weight excluding hydrogens is 330 g/mol. The van der Waals surface area contributed by atoms with Gasteiger partial charge in [0.15, 0.2) is 0 Å². The van der Waals surface area contributed by atoms with Gasteiger partial charge >= 0.3 is 0 Å². The Morgan fingerprint density at radius 3 is 2.79 bits per heavy atom. The van der Waals surface area contributed by atoms with E-state index in [1.165, 1.54) is 0 Å². The van der Waals surface area contributed by atoms with Gasteiger partial charge in [0.2, 0.25) is 11.2 Å². The molecule has 0 radical (unpaired) electrons. The van der Waals surface area contributed by atoms with Crippen LogP contribution >= 0.6 is 27.5 Å². The number of para-hydroxylation sites is 1. The van der Waals surface area contributed by atoms with Gasteiger partial charge in [0.25, 0.3) is 0 Å². The number of fused-ring (bicyclic) bond motifs is 1. The zero-order valence-electron chi connectivity index (χ0n) is 9.97. The highest BCUT2D eigenvalue weighted by Crippen LogP contribution is 2.32. The average molecular weight is 339 g/mol. The minimum atomic E-state index is 0.163. The Kier molecular flexibility index (Phi) is 3.16. The van der Waals surface area contributed by atoms with E-state index in [-0.39, 0.29) is 5.28 Å². The maximum Gasteiger partial charge on any atom is 0.233 e. The fourth-order valence-electron chi connectivity index (χ4n) is 1.79. The van der Waals surface area contributed by atoms with Crippen LogP contribution in [0, 0.1) is 0 Å². The van der Waals surface area contributed by atoms with Crippen LogP contribution in [-0.4, -0.2) is 14.5 Å². The van der Waals surface area contributed by atoms with E-state index in [0.29, 0.717) is 11.6 Å². The minimum Gasteiger partial charge on any atom is -0.437 e. The summed E-state index contributed by atoms with van der Waals surface area (Å²) < 4.78 is 8.55. The van der Waals surface area contributed by atoms with Gasteiger partial charge in [-0.15, -0.1) is 0 Å². The first kappa shape index (κ1) is 12.4. The molecule has 0 fully saturated rings. The van der Waals surface area contributed by atoms with Crippen molar-refractivity contribution in [3.8, 4) is 11.6 Å². The van der Waals surface area contributed by atoms with Crippen LogP contribution in [0.2, 0.25) is 5.28 Å². The van der Waals surface area contributed by atoms with E-state index < -0.39 is 0 Å². The molecule has 0 atom stereocenters. The summed E-state index contributed by atoms with van der Waals surface area (Å²) in [6, 6.07) is 9.47. The lowest BCUT2D eigenvalue weighted by atomic mass is 10.3. The summed E-state index contributed by atoms with van der Waals surface area (Å²) in [5, 5.41) is 0.985. The van der Waals surface area contributed by atoms with E-state index in [0.717, 1.165) is 15.5 Å². The van der Waals surface area contributed by atoms with Crippen LogP contribution in [0.25, 0.3) is 11.0 Å². The largest absolute Gasteiger partial charge is 0.437 e. The maximum absolute atomic E-state index is 5.93. The van der Waals surface area contributed by atoms with E-state index >= 15 is 0 Å². The van der Waals surface area contributed by atoms with Gasteiger partial charge in [0, 0.05) is 13.2 Å². The topological polar surface area (TPSA) is 39.9 Å². The Morgan fingerprint density at radius 2 is 2.00 bits per heavy atom. The Labute approximate surface area is 123 Å². The van der Waals surface area contributed by atoms with Crippen molar-refractivity contribution < 1.29 is 4.74 Å². The van der Waals surface area contributed by atoms with E-state index in [1.54, 1.807) is 0 Å². The van der Waals surface area contributed by atoms with Gasteiger partial charge < -0.3 is 9.30 Å². The molecular formula is C13H9BrClN3O. The molecule has 6 heteroatoms. The summed E-state index contributed by atoms with van der Waals surface area (Å²) in [5.74, 6) is 1.13. The number of halogens is 2. The number of rotatable bonds is 2. The number of hydrogen-bond acceptors (Lipinski definition) is 3. The lowest BCUT2D eigenvalue weighted by Crippen LogP contribution is -1.95. The lowest BCUT2D eigenvalue weighted by molar-refractivity contribution is 0.465. The molecule has 1 aromatic carbocycles. The van der Waals surface area contributed by atoms with E-state index in [9.17, 15) is 0 Å². The van der Waals surface area contributed by atoms with Crippen molar-refractivity contribution >= 4 is 38.6 Å². The fourth-order valence-corrected chi connectivity index (χ4v) is 2.32. The second-order valence-corrected chi connectivity index (χ2v) is 5.19. The third-order valence-electron chi connectivity index (χ3n) is 2.71. The number of benzene rings is 1. The third-order valence-corrected chi connectivity index (χ3v) is 3.53. The van der Waals surface area contributed by atoms with E-state index in [1.807, 2.05) is 48.1 Å². The molecule has 0 amide bonds. The Balaban J connectivity index is 2.13. The van der Waals surface area contributed by atoms with Crippen LogP contribution in [0.4, 0.5) is 0 Å². The van der Waals surface area contributed by atoms with Gasteiger partial charge in [-0.3, -0.25) is 0 Å². The third kappa shape index (κ3) is 2.31. The van der Waals surface area contributed by atoms with Crippen LogP contribution in [0.1, 0.15) is 0 Å². The molecule has 0 aliphatic heterocycles. The van der Waals surface area contributed by atoms with Crippen molar-refractivity contribution in [2.75, 3.05) is 0 Å². The zero-order chi connectivity index (χ0) is 13.4. The molecule has 0 saturated carbocycles. The maximum atomic E-state index is 5.93. The van der Waals surface area contributed by atoms with Crippen LogP contribution in [0.5, 0.6) is 11.6 Å². The van der Waals surface area contributed by atoms with Crippen LogP contribution < -0.4 is 4.74 Å². The Morgan fingerprint density at radius 1 is 1.21 bits per heavy atom. The molecule has 0 bridgehead atoms. The van der Waals surface area contributed by atoms with Crippen LogP contribution in [-0.2, 0) is 7.05 Å². The van der Waals surface area contributed by atoms with Gasteiger partial charge in [0.1, 0.15) is 11.4 Å². The first-order valence-corrected chi connectivity index (χ1v) is 6.73. The molecule has 2 heterocycles. The summed E-state index contributed by atoms with van der Waals surface area (Å²) >= 11 is 9.37. The van der Waals surface area contributed by atoms with Gasteiger partial charge in [-0.05, 0) is 45.7 Å². The number of aryl methyl sites for hydroxylation is 1. The minimum absolute atomic E-state index is 0.163. The van der Waals surface area contributed by atoms with Crippen LogP contribution in [0.3, 0.4) is 0 Å². The van der Waals surface area contributed by atoms with Crippen molar-refractivity contribution in [1.82, 2.24) is 14.5 Å². The number of ether oxygens (including phenoxy) is 1. The highest BCUT2D eigenvalue weighted by atomic mass is 79.9. The lowest BCUT2D eigenvalue weighted by Gasteiger charge is -2.08. The molecule has 96 valence electrons. The van der Waals surface area contributed by atoms with Crippen molar-refractivity contribution in [1.29, 1.82) is 0 Å². The standard InChI is InChI=1S/C13H9BrClN3O/c1-18-7-6-8-11(18)16-13(15)17-12(8)19-10-5-3-2-4-9(10)14/h2-7H,1H3. The van der Waals surface area contributed by atoms with Crippen molar-refractivity contribution in [3.05, 3.63) is 46.3 Å². The number of nitrogens with zero attached hydrogens (tertiary/aromatic N) is 3. The first-order chi connectivity index (χ1) is 9.15. The van der Waals surface area contributed by atoms with E-state index in [4.69, 9.17) is 16.3 Å². The van der Waals surface area contributed by atoms with Gasteiger partial charge in [-0.2, -0.15) is 9.97 Å². The molecule has 3 rings (SSSR count). The van der Waals surface area contributed by atoms with Crippen molar-refractivity contribution in [2.45, 2.75) is 0 Å². The SMILES string of the molecule is Cn1ccc2c(Oc3ccccc3Br)nc(Cl)nc21. The summed E-state index contributed by atoms with van der Waals surface area (Å²) in [6.07, 6.45) is 1.89. The summed E-state index contributed by atoms with van der Waals surface area (Å²) in [7, 11) is 1.90. The predicted octanol–water partition coefficient (Wildman–Crippen LogP) is 4.18. The normalized spacial score (nSPS) is 10.9. The second-order valence-electron chi connectivity index (χ2n) is 3.99. The summed E-state index contributed by atoms with van der Waals surface area (Å²) in [4.78, 5) is 8.33. The molecule has 0 unspecified atom stereocenters. The predicted molar refractivity (Wildman–Crippen MR) is 77.7 cm³/mol. The molecule has 3 aromatic rings. The molecule has 19 heavy (non-hydrogen) atoms. The number of aromatic nitrogens is 3. The monoisotopic (exact) mass is 337 g/mol. The van der Waals surface area contributed by atoms with Crippen molar-refractivity contribution in [2.24, 2.45) is 7.05 Å². The number of hydrogen-bond donors (Lipinski definition) is 0. The van der Waals surface area contributed by atoms with Gasteiger partial charge in [-0.25, -0.2) is 0 Å². The highest BCUT2D eigenvalue weighted by Gasteiger charge is 2.12. The Bertz CT molecular complexity index is 757. The fraction of sp³-hybridized carbons (Fsp3) is 0.0769.